The van der Waals surface area contributed by atoms with Gasteiger partial charge in [0.05, 0.1) is 4.87 Å². The second-order valence-electron chi connectivity index (χ2n) is 6.07. The summed E-state index contributed by atoms with van der Waals surface area (Å²) in [6, 6.07) is 6.53. The van der Waals surface area contributed by atoms with Crippen LogP contribution in [0.2, 0.25) is 0 Å². The van der Waals surface area contributed by atoms with Crippen LogP contribution >= 0.6 is 11.8 Å². The molecule has 0 saturated carbocycles. The van der Waals surface area contributed by atoms with Gasteiger partial charge in [0.1, 0.15) is 6.04 Å². The first-order valence-electron chi connectivity index (χ1n) is 7.54. The van der Waals surface area contributed by atoms with Crippen molar-refractivity contribution in [3.05, 3.63) is 35.4 Å². The number of benzene rings is 1. The van der Waals surface area contributed by atoms with Gasteiger partial charge in [-0.15, -0.1) is 11.8 Å². The van der Waals surface area contributed by atoms with Crippen molar-refractivity contribution in [2.45, 2.75) is 37.6 Å². The molecule has 7 heteroatoms. The van der Waals surface area contributed by atoms with E-state index in [9.17, 15) is 14.4 Å². The lowest BCUT2D eigenvalue weighted by atomic mass is 10.1. The van der Waals surface area contributed by atoms with Crippen molar-refractivity contribution < 1.29 is 14.4 Å². The van der Waals surface area contributed by atoms with Crippen molar-refractivity contribution in [3.63, 3.8) is 0 Å². The van der Waals surface area contributed by atoms with Gasteiger partial charge in [0.15, 0.2) is 0 Å². The molecule has 2 atom stereocenters. The number of nitrogens with one attached hydrogen (secondary N) is 2. The Morgan fingerprint density at radius 3 is 2.65 bits per heavy atom. The number of rotatable bonds is 2. The molecular weight excluding hydrogens is 314 g/mol. The number of thioether (sulfide) groups is 1. The number of hydrogen-bond donors (Lipinski definition) is 2. The van der Waals surface area contributed by atoms with E-state index in [-0.39, 0.29) is 22.6 Å². The fourth-order valence-electron chi connectivity index (χ4n) is 2.99. The first kappa shape index (κ1) is 15.9. The van der Waals surface area contributed by atoms with Crippen molar-refractivity contribution in [3.8, 4) is 0 Å². The number of carbonyl (C=O) groups is 3. The number of hydrazine groups is 1. The summed E-state index contributed by atoms with van der Waals surface area (Å²) in [4.78, 5) is 37.7. The van der Waals surface area contributed by atoms with Crippen molar-refractivity contribution in [2.24, 2.45) is 0 Å². The predicted molar refractivity (Wildman–Crippen MR) is 87.5 cm³/mol. The highest BCUT2D eigenvalue weighted by Crippen LogP contribution is 2.47. The summed E-state index contributed by atoms with van der Waals surface area (Å²) < 4.78 is 0. The van der Waals surface area contributed by atoms with Crippen LogP contribution in [-0.4, -0.2) is 39.3 Å². The van der Waals surface area contributed by atoms with E-state index in [4.69, 9.17) is 0 Å². The van der Waals surface area contributed by atoms with Crippen LogP contribution < -0.4 is 10.9 Å². The maximum absolute atomic E-state index is 12.3. The summed E-state index contributed by atoms with van der Waals surface area (Å²) in [6.45, 7) is 3.92. The predicted octanol–water partition coefficient (Wildman–Crippen LogP) is 1.21. The van der Waals surface area contributed by atoms with Gasteiger partial charge in [0.2, 0.25) is 5.91 Å². The fourth-order valence-corrected chi connectivity index (χ4v) is 4.43. The van der Waals surface area contributed by atoms with Crippen molar-refractivity contribution >= 4 is 29.5 Å². The van der Waals surface area contributed by atoms with Crippen molar-refractivity contribution in [1.82, 2.24) is 15.8 Å². The van der Waals surface area contributed by atoms with E-state index < -0.39 is 6.04 Å². The highest BCUT2D eigenvalue weighted by molar-refractivity contribution is 8.01. The van der Waals surface area contributed by atoms with E-state index >= 15 is 0 Å². The monoisotopic (exact) mass is 333 g/mol. The summed E-state index contributed by atoms with van der Waals surface area (Å²) in [5.74, 6) is -0.173. The van der Waals surface area contributed by atoms with E-state index in [0.29, 0.717) is 17.7 Å². The lowest BCUT2D eigenvalue weighted by molar-refractivity contribution is -0.138. The molecule has 0 aromatic heterocycles. The summed E-state index contributed by atoms with van der Waals surface area (Å²) in [6.07, 6.45) is 1.24. The average Bonchev–Trinajstić information content (AvgIpc) is 3.02. The number of hydrogen-bond acceptors (Lipinski definition) is 4. The molecule has 2 aliphatic rings. The maximum Gasteiger partial charge on any atom is 0.269 e. The molecular formula is C16H19N3O3S. The fraction of sp³-hybridized carbons (Fsp3) is 0.438. The van der Waals surface area contributed by atoms with Gasteiger partial charge in [0, 0.05) is 17.7 Å². The molecule has 23 heavy (non-hydrogen) atoms. The van der Waals surface area contributed by atoms with E-state index in [1.165, 1.54) is 0 Å². The molecule has 0 spiro atoms. The Hall–Kier alpha value is -2.02. The van der Waals surface area contributed by atoms with Crippen molar-refractivity contribution in [1.29, 1.82) is 0 Å². The maximum atomic E-state index is 12.3. The third kappa shape index (κ3) is 2.93. The molecule has 6 nitrogen and oxygen atoms in total. The minimum absolute atomic E-state index is 0.00233. The number of fused-ring (bicyclic) bond motifs is 1. The first-order valence-corrected chi connectivity index (χ1v) is 8.52. The van der Waals surface area contributed by atoms with Crippen LogP contribution in [0.1, 0.15) is 35.7 Å². The van der Waals surface area contributed by atoms with Crippen LogP contribution in [0.3, 0.4) is 0 Å². The van der Waals surface area contributed by atoms with Gasteiger partial charge in [-0.25, -0.2) is 0 Å². The zero-order chi connectivity index (χ0) is 16.6. The normalized spacial score (nSPS) is 26.1. The highest BCUT2D eigenvalue weighted by Gasteiger charge is 2.52. The van der Waals surface area contributed by atoms with Crippen LogP contribution in [0, 0.1) is 6.92 Å². The first-order chi connectivity index (χ1) is 10.9. The van der Waals surface area contributed by atoms with E-state index in [0.717, 1.165) is 12.0 Å². The third-order valence-electron chi connectivity index (χ3n) is 4.36. The Morgan fingerprint density at radius 1 is 1.26 bits per heavy atom. The molecule has 2 aliphatic heterocycles. The van der Waals surface area contributed by atoms with Crippen LogP contribution in [0.4, 0.5) is 0 Å². The van der Waals surface area contributed by atoms with E-state index in [1.807, 2.05) is 26.0 Å². The standard InChI is InChI=1S/C16H19N3O3S/c1-10-3-5-11(6-4-10)14(21)17-18-15(22)12-9-23-16(2)8-7-13(20)19(12)16/h3-6,12H,7-9H2,1-2H3,(H,17,21)(H,18,22)/t12-,16-/m1/s1. The molecule has 0 bridgehead atoms. The average molecular weight is 333 g/mol. The zero-order valence-corrected chi connectivity index (χ0v) is 13.9. The number of amides is 3. The molecule has 0 aliphatic carbocycles. The lowest BCUT2D eigenvalue weighted by Crippen LogP contribution is -2.54. The molecule has 0 unspecified atom stereocenters. The van der Waals surface area contributed by atoms with Crippen LogP contribution in [0.25, 0.3) is 0 Å². The third-order valence-corrected chi connectivity index (χ3v) is 5.87. The van der Waals surface area contributed by atoms with Crippen LogP contribution in [0.5, 0.6) is 0 Å². The van der Waals surface area contributed by atoms with Gasteiger partial charge in [-0.1, -0.05) is 17.7 Å². The smallest absolute Gasteiger partial charge is 0.269 e. The van der Waals surface area contributed by atoms with Crippen molar-refractivity contribution in [2.75, 3.05) is 5.75 Å². The zero-order valence-electron chi connectivity index (χ0n) is 13.1. The number of aryl methyl sites for hydroxylation is 1. The molecule has 2 N–H and O–H groups in total. The Kier molecular flexibility index (Phi) is 4.06. The van der Waals surface area contributed by atoms with Gasteiger partial charge in [-0.3, -0.25) is 25.2 Å². The number of nitrogens with zero attached hydrogens (tertiary/aromatic N) is 1. The molecule has 0 radical (unpaired) electrons. The number of carbonyl (C=O) groups excluding carboxylic acids is 3. The molecule has 2 heterocycles. The molecule has 2 saturated heterocycles. The van der Waals surface area contributed by atoms with E-state index in [2.05, 4.69) is 10.9 Å². The minimum atomic E-state index is -0.529. The quantitative estimate of drug-likeness (QED) is 0.798. The lowest BCUT2D eigenvalue weighted by Gasteiger charge is -2.29. The Morgan fingerprint density at radius 2 is 1.96 bits per heavy atom. The highest BCUT2D eigenvalue weighted by atomic mass is 32.2. The largest absolute Gasteiger partial charge is 0.315 e. The minimum Gasteiger partial charge on any atom is -0.315 e. The van der Waals surface area contributed by atoms with Gasteiger partial charge < -0.3 is 4.90 Å². The summed E-state index contributed by atoms with van der Waals surface area (Å²) in [5.41, 5.74) is 6.39. The Labute approximate surface area is 139 Å². The Balaban J connectivity index is 1.60. The molecule has 122 valence electrons. The molecule has 1 aromatic rings. The molecule has 2 fully saturated rings. The molecule has 3 rings (SSSR count). The van der Waals surface area contributed by atoms with Crippen LogP contribution in [0.15, 0.2) is 24.3 Å². The SMILES string of the molecule is Cc1ccc(C(=O)NNC(=O)[C@H]2CS[C@]3(C)CCC(=O)N23)cc1. The summed E-state index contributed by atoms with van der Waals surface area (Å²) in [5, 5.41) is 0. The van der Waals surface area contributed by atoms with Gasteiger partial charge in [-0.2, -0.15) is 0 Å². The Bertz CT molecular complexity index is 661. The van der Waals surface area contributed by atoms with Gasteiger partial charge in [-0.05, 0) is 32.4 Å². The molecule has 1 aromatic carbocycles. The topological polar surface area (TPSA) is 78.5 Å². The van der Waals surface area contributed by atoms with Crippen LogP contribution in [-0.2, 0) is 9.59 Å². The summed E-state index contributed by atoms with van der Waals surface area (Å²) >= 11 is 1.62. The van der Waals surface area contributed by atoms with E-state index in [1.54, 1.807) is 28.8 Å². The molecule has 3 amide bonds. The van der Waals surface area contributed by atoms with Gasteiger partial charge >= 0.3 is 0 Å². The second-order valence-corrected chi connectivity index (χ2v) is 7.58. The summed E-state index contributed by atoms with van der Waals surface area (Å²) in [7, 11) is 0. The van der Waals surface area contributed by atoms with Gasteiger partial charge in [0.25, 0.3) is 11.8 Å². The second kappa shape index (κ2) is 5.88.